The number of thiophene rings is 1. The summed E-state index contributed by atoms with van der Waals surface area (Å²) in [6, 6.07) is 76.6. The topological polar surface area (TPSA) is 16.4 Å². The summed E-state index contributed by atoms with van der Waals surface area (Å²) in [5, 5.41) is 4.89. The van der Waals surface area contributed by atoms with Gasteiger partial charge in [-0.05, 0) is 123 Å². The molecule has 0 aliphatic heterocycles. The number of nitrogens with zero attached hydrogens (tertiary/aromatic N) is 1. The number of furan rings is 1. The van der Waals surface area contributed by atoms with E-state index >= 15 is 0 Å². The fraction of sp³-hybridized carbons (Fsp3) is 0. The molecule has 0 saturated carbocycles. The monoisotopic (exact) mass is 745 g/mol. The van der Waals surface area contributed by atoms with E-state index in [0.29, 0.717) is 0 Å². The maximum atomic E-state index is 6.14. The van der Waals surface area contributed by atoms with Gasteiger partial charge in [-0.3, -0.25) is 0 Å². The predicted molar refractivity (Wildman–Crippen MR) is 243 cm³/mol. The molecule has 2 heterocycles. The molecule has 268 valence electrons. The SMILES string of the molecule is c1ccc(-c2cc(-c3ccccc3)cc(N(c3ccc(-c4ccc5oc6ccccc6c5c4)cc3)c3ccc(-c4ccc5sc6ccccc6c5c4)cc3)c2)cc1. The van der Waals surface area contributed by atoms with Crippen molar-refractivity contribution < 1.29 is 4.42 Å². The lowest BCUT2D eigenvalue weighted by molar-refractivity contribution is 0.669. The van der Waals surface area contributed by atoms with Crippen LogP contribution in [-0.2, 0) is 0 Å². The molecule has 2 aromatic heterocycles. The van der Waals surface area contributed by atoms with Gasteiger partial charge < -0.3 is 9.32 Å². The molecule has 0 unspecified atom stereocenters. The van der Waals surface area contributed by atoms with Gasteiger partial charge in [0, 0.05) is 48.0 Å². The zero-order chi connectivity index (χ0) is 37.7. The van der Waals surface area contributed by atoms with Crippen molar-refractivity contribution in [3.8, 4) is 44.5 Å². The molecule has 3 heteroatoms. The Bertz CT molecular complexity index is 3000. The molecule has 0 radical (unpaired) electrons. The minimum absolute atomic E-state index is 0.905. The third kappa shape index (κ3) is 6.06. The Kier molecular flexibility index (Phi) is 8.04. The summed E-state index contributed by atoms with van der Waals surface area (Å²) in [5.74, 6) is 0. The molecular weight excluding hydrogens is 711 g/mol. The Labute approximate surface area is 335 Å². The highest BCUT2D eigenvalue weighted by molar-refractivity contribution is 7.25. The second kappa shape index (κ2) is 13.8. The van der Waals surface area contributed by atoms with E-state index in [4.69, 9.17) is 4.42 Å². The van der Waals surface area contributed by atoms with Crippen molar-refractivity contribution in [3.05, 3.63) is 212 Å². The Morgan fingerprint density at radius 2 is 0.754 bits per heavy atom. The second-order valence-corrected chi connectivity index (χ2v) is 15.6. The molecule has 0 fully saturated rings. The number of benzene rings is 9. The zero-order valence-electron chi connectivity index (χ0n) is 31.0. The van der Waals surface area contributed by atoms with Crippen LogP contribution in [0.5, 0.6) is 0 Å². The number of fused-ring (bicyclic) bond motifs is 6. The largest absolute Gasteiger partial charge is 0.456 e. The molecule has 0 bridgehead atoms. The average molecular weight is 746 g/mol. The van der Waals surface area contributed by atoms with Gasteiger partial charge in [0.2, 0.25) is 0 Å². The summed E-state index contributed by atoms with van der Waals surface area (Å²) >= 11 is 1.86. The van der Waals surface area contributed by atoms with Crippen molar-refractivity contribution in [1.29, 1.82) is 0 Å². The lowest BCUT2D eigenvalue weighted by Gasteiger charge is -2.27. The van der Waals surface area contributed by atoms with Crippen LogP contribution in [0.25, 0.3) is 86.6 Å². The molecule has 0 aliphatic carbocycles. The van der Waals surface area contributed by atoms with Crippen molar-refractivity contribution in [1.82, 2.24) is 0 Å². The smallest absolute Gasteiger partial charge is 0.135 e. The fourth-order valence-corrected chi connectivity index (χ4v) is 9.29. The molecule has 2 nitrogen and oxygen atoms in total. The van der Waals surface area contributed by atoms with E-state index in [1.807, 2.05) is 23.5 Å². The van der Waals surface area contributed by atoms with Crippen molar-refractivity contribution in [2.45, 2.75) is 0 Å². The molecule has 0 aliphatic rings. The number of rotatable bonds is 7. The van der Waals surface area contributed by atoms with Gasteiger partial charge in [-0.1, -0.05) is 133 Å². The number of hydrogen-bond acceptors (Lipinski definition) is 3. The van der Waals surface area contributed by atoms with Gasteiger partial charge in [-0.25, -0.2) is 0 Å². The van der Waals surface area contributed by atoms with Crippen molar-refractivity contribution >= 4 is 70.5 Å². The number of hydrogen-bond donors (Lipinski definition) is 0. The van der Waals surface area contributed by atoms with Crippen LogP contribution in [0.15, 0.2) is 217 Å². The lowest BCUT2D eigenvalue weighted by atomic mass is 9.97. The van der Waals surface area contributed by atoms with Gasteiger partial charge >= 0.3 is 0 Å². The van der Waals surface area contributed by atoms with Crippen LogP contribution in [0.3, 0.4) is 0 Å². The summed E-state index contributed by atoms with van der Waals surface area (Å²) in [6.07, 6.45) is 0. The van der Waals surface area contributed by atoms with E-state index in [2.05, 4.69) is 205 Å². The van der Waals surface area contributed by atoms with E-state index in [1.54, 1.807) is 0 Å². The highest BCUT2D eigenvalue weighted by Crippen LogP contribution is 2.42. The Hall–Kier alpha value is -7.20. The molecule has 0 spiro atoms. The van der Waals surface area contributed by atoms with Gasteiger partial charge in [0.15, 0.2) is 0 Å². The third-order valence-corrected chi connectivity index (χ3v) is 12.2. The first kappa shape index (κ1) is 33.2. The summed E-state index contributed by atoms with van der Waals surface area (Å²) in [7, 11) is 0. The average Bonchev–Trinajstić information content (AvgIpc) is 3.85. The van der Waals surface area contributed by atoms with Crippen molar-refractivity contribution in [3.63, 3.8) is 0 Å². The highest BCUT2D eigenvalue weighted by Gasteiger charge is 2.17. The van der Waals surface area contributed by atoms with E-state index in [0.717, 1.165) is 50.1 Å². The normalized spacial score (nSPS) is 11.5. The van der Waals surface area contributed by atoms with Crippen molar-refractivity contribution in [2.24, 2.45) is 0 Å². The molecule has 0 N–H and O–H groups in total. The summed E-state index contributed by atoms with van der Waals surface area (Å²) in [5.41, 5.74) is 14.5. The van der Waals surface area contributed by atoms with Gasteiger partial charge in [0.05, 0.1) is 0 Å². The second-order valence-electron chi connectivity index (χ2n) is 14.5. The quantitative estimate of drug-likeness (QED) is 0.162. The molecule has 9 aromatic carbocycles. The maximum absolute atomic E-state index is 6.14. The molecule has 0 amide bonds. The van der Waals surface area contributed by atoms with Crippen LogP contribution in [0.4, 0.5) is 17.1 Å². The van der Waals surface area contributed by atoms with Crippen LogP contribution in [0.2, 0.25) is 0 Å². The van der Waals surface area contributed by atoms with Gasteiger partial charge in [0.1, 0.15) is 11.2 Å². The molecule has 57 heavy (non-hydrogen) atoms. The van der Waals surface area contributed by atoms with Crippen LogP contribution in [0.1, 0.15) is 0 Å². The van der Waals surface area contributed by atoms with E-state index in [9.17, 15) is 0 Å². The summed E-state index contributed by atoms with van der Waals surface area (Å²) < 4.78 is 8.78. The van der Waals surface area contributed by atoms with E-state index in [-0.39, 0.29) is 0 Å². The minimum atomic E-state index is 0.905. The Balaban J connectivity index is 1.04. The lowest BCUT2D eigenvalue weighted by Crippen LogP contribution is -2.10. The van der Waals surface area contributed by atoms with Crippen LogP contribution in [-0.4, -0.2) is 0 Å². The minimum Gasteiger partial charge on any atom is -0.456 e. The van der Waals surface area contributed by atoms with Crippen LogP contribution >= 0.6 is 11.3 Å². The molecule has 0 atom stereocenters. The van der Waals surface area contributed by atoms with E-state index in [1.165, 1.54) is 53.6 Å². The highest BCUT2D eigenvalue weighted by atomic mass is 32.1. The van der Waals surface area contributed by atoms with Gasteiger partial charge in [0.25, 0.3) is 0 Å². The molecular formula is C54H35NOS. The predicted octanol–water partition coefficient (Wildman–Crippen LogP) is 16.1. The van der Waals surface area contributed by atoms with Gasteiger partial charge in [-0.15, -0.1) is 11.3 Å². The fourth-order valence-electron chi connectivity index (χ4n) is 8.20. The van der Waals surface area contributed by atoms with Crippen LogP contribution < -0.4 is 4.90 Å². The summed E-state index contributed by atoms with van der Waals surface area (Å²) in [4.78, 5) is 2.38. The summed E-state index contributed by atoms with van der Waals surface area (Å²) in [6.45, 7) is 0. The van der Waals surface area contributed by atoms with Crippen molar-refractivity contribution in [2.75, 3.05) is 4.90 Å². The standard InChI is InChI=1S/C54H35NOS/c1-3-11-36(12-4-1)42-31-43(37-13-5-2-6-14-37)33-46(32-42)55(44-25-19-38(20-26-44)40-23-29-52-49(34-40)47-15-7-9-17-51(47)56-52)45-27-21-39(22-28-45)41-24-30-54-50(35-41)48-16-8-10-18-53(48)57-54/h1-35H. The third-order valence-electron chi connectivity index (χ3n) is 11.1. The first-order valence-electron chi connectivity index (χ1n) is 19.3. The molecule has 11 aromatic rings. The van der Waals surface area contributed by atoms with Gasteiger partial charge in [-0.2, -0.15) is 0 Å². The number of anilines is 3. The number of para-hydroxylation sites is 1. The zero-order valence-corrected chi connectivity index (χ0v) is 31.8. The van der Waals surface area contributed by atoms with E-state index < -0.39 is 0 Å². The van der Waals surface area contributed by atoms with Crippen LogP contribution in [0, 0.1) is 0 Å². The molecule has 11 rings (SSSR count). The Morgan fingerprint density at radius 3 is 1.40 bits per heavy atom. The first-order chi connectivity index (χ1) is 28.2. The first-order valence-corrected chi connectivity index (χ1v) is 20.1. The Morgan fingerprint density at radius 1 is 0.281 bits per heavy atom. The molecule has 0 saturated heterocycles. The maximum Gasteiger partial charge on any atom is 0.135 e.